The van der Waals surface area contributed by atoms with Gasteiger partial charge in [0.2, 0.25) is 10.0 Å². The van der Waals surface area contributed by atoms with Crippen LogP contribution in [0.5, 0.6) is 0 Å². The summed E-state index contributed by atoms with van der Waals surface area (Å²) in [4.78, 5) is 0. The largest absolute Gasteiger partial charge is 0.353 e. The first-order valence-corrected chi connectivity index (χ1v) is 6.07. The molecule has 0 radical (unpaired) electrons. The molecule has 0 aromatic carbocycles. The Morgan fingerprint density at radius 1 is 1.50 bits per heavy atom. The van der Waals surface area contributed by atoms with Gasteiger partial charge in [0.25, 0.3) is 0 Å². The summed E-state index contributed by atoms with van der Waals surface area (Å²) in [6.45, 7) is 3.67. The fraction of sp³-hybridized carbons (Fsp3) is 0.556. The van der Waals surface area contributed by atoms with Crippen LogP contribution in [0.15, 0.2) is 18.3 Å². The van der Waals surface area contributed by atoms with Crippen molar-refractivity contribution in [3.63, 3.8) is 0 Å². The zero-order chi connectivity index (χ0) is 10.8. The van der Waals surface area contributed by atoms with Crippen LogP contribution in [0.4, 0.5) is 0 Å². The molecule has 0 aliphatic rings. The Balaban J connectivity index is 2.62. The quantitative estimate of drug-likeness (QED) is 0.811. The number of sulfonamides is 1. The average Bonchev–Trinajstić information content (AvgIpc) is 2.47. The van der Waals surface area contributed by atoms with E-state index in [1.54, 1.807) is 13.8 Å². The smallest absolute Gasteiger partial charge is 0.214 e. The Hall–Kier alpha value is -0.810. The van der Waals surface area contributed by atoms with E-state index in [0.717, 1.165) is 5.69 Å². The summed E-state index contributed by atoms with van der Waals surface area (Å²) in [7, 11) is -1.27. The second-order valence-corrected chi connectivity index (χ2v) is 5.85. The first kappa shape index (κ1) is 11.3. The molecule has 0 saturated carbocycles. The Morgan fingerprint density at radius 3 is 2.57 bits per heavy atom. The molecule has 80 valence electrons. The normalized spacial score (nSPS) is 12.3. The predicted octanol–water partition coefficient (Wildman–Crippen LogP) is 0.853. The zero-order valence-corrected chi connectivity index (χ0v) is 9.50. The standard InChI is InChI=1S/C9H16N2O2S/c1-8(2)14(12,13)10-7-9-5-4-6-11(9)3/h4-6,8,10H,7H2,1-3H3. The van der Waals surface area contributed by atoms with Crippen LogP contribution in [0.2, 0.25) is 0 Å². The van der Waals surface area contributed by atoms with Gasteiger partial charge in [0, 0.05) is 18.9 Å². The van der Waals surface area contributed by atoms with E-state index < -0.39 is 10.0 Å². The van der Waals surface area contributed by atoms with Gasteiger partial charge in [-0.1, -0.05) is 0 Å². The van der Waals surface area contributed by atoms with Crippen LogP contribution < -0.4 is 4.72 Å². The minimum Gasteiger partial charge on any atom is -0.353 e. The summed E-state index contributed by atoms with van der Waals surface area (Å²) in [6, 6.07) is 3.78. The highest BCUT2D eigenvalue weighted by Gasteiger charge is 2.15. The monoisotopic (exact) mass is 216 g/mol. The van der Waals surface area contributed by atoms with Gasteiger partial charge >= 0.3 is 0 Å². The number of aromatic nitrogens is 1. The third-order valence-corrected chi connectivity index (χ3v) is 3.91. The third-order valence-electron chi connectivity index (χ3n) is 2.13. The van der Waals surface area contributed by atoms with E-state index in [1.807, 2.05) is 29.9 Å². The molecule has 0 aliphatic heterocycles. The van der Waals surface area contributed by atoms with Crippen molar-refractivity contribution in [1.29, 1.82) is 0 Å². The lowest BCUT2D eigenvalue weighted by Gasteiger charge is -2.09. The number of rotatable bonds is 4. The van der Waals surface area contributed by atoms with Crippen LogP contribution in [0.25, 0.3) is 0 Å². The van der Waals surface area contributed by atoms with Crippen LogP contribution in [0.3, 0.4) is 0 Å². The van der Waals surface area contributed by atoms with Crippen molar-refractivity contribution in [1.82, 2.24) is 9.29 Å². The molecule has 5 heteroatoms. The van der Waals surface area contributed by atoms with E-state index in [9.17, 15) is 8.42 Å². The maximum atomic E-state index is 11.4. The van der Waals surface area contributed by atoms with Crippen LogP contribution in [0.1, 0.15) is 19.5 Å². The zero-order valence-electron chi connectivity index (χ0n) is 8.69. The highest BCUT2D eigenvalue weighted by Crippen LogP contribution is 2.02. The molecular formula is C9H16N2O2S. The van der Waals surface area contributed by atoms with E-state index in [-0.39, 0.29) is 5.25 Å². The maximum absolute atomic E-state index is 11.4. The number of hydrogen-bond acceptors (Lipinski definition) is 2. The fourth-order valence-electron chi connectivity index (χ4n) is 1.02. The second kappa shape index (κ2) is 4.14. The molecule has 1 heterocycles. The molecular weight excluding hydrogens is 200 g/mol. The minimum absolute atomic E-state index is 0.351. The Bertz CT molecular complexity index is 393. The van der Waals surface area contributed by atoms with Gasteiger partial charge in [0.15, 0.2) is 0 Å². The molecule has 0 unspecified atom stereocenters. The van der Waals surface area contributed by atoms with E-state index in [0.29, 0.717) is 6.54 Å². The molecule has 1 rings (SSSR count). The lowest BCUT2D eigenvalue weighted by molar-refractivity contribution is 0.570. The highest BCUT2D eigenvalue weighted by molar-refractivity contribution is 7.90. The van der Waals surface area contributed by atoms with Crippen molar-refractivity contribution in [2.24, 2.45) is 7.05 Å². The highest BCUT2D eigenvalue weighted by atomic mass is 32.2. The van der Waals surface area contributed by atoms with E-state index in [4.69, 9.17) is 0 Å². The summed E-state index contributed by atoms with van der Waals surface area (Å²) in [5.41, 5.74) is 0.953. The molecule has 4 nitrogen and oxygen atoms in total. The number of aryl methyl sites for hydroxylation is 1. The molecule has 0 saturated heterocycles. The van der Waals surface area contributed by atoms with Gasteiger partial charge in [0.1, 0.15) is 0 Å². The molecule has 1 N–H and O–H groups in total. The lowest BCUT2D eigenvalue weighted by atomic mass is 10.4. The van der Waals surface area contributed by atoms with E-state index in [2.05, 4.69) is 4.72 Å². The molecule has 0 spiro atoms. The molecule has 0 amide bonds. The summed E-state index contributed by atoms with van der Waals surface area (Å²) in [6.07, 6.45) is 1.89. The first-order chi connectivity index (χ1) is 6.43. The van der Waals surface area contributed by atoms with Crippen molar-refractivity contribution < 1.29 is 8.42 Å². The van der Waals surface area contributed by atoms with Crippen LogP contribution in [-0.2, 0) is 23.6 Å². The van der Waals surface area contributed by atoms with Gasteiger partial charge in [0.05, 0.1) is 11.8 Å². The van der Waals surface area contributed by atoms with E-state index >= 15 is 0 Å². The summed E-state index contributed by atoms with van der Waals surface area (Å²) < 4.78 is 27.3. The van der Waals surface area contributed by atoms with Crippen molar-refractivity contribution in [2.75, 3.05) is 0 Å². The van der Waals surface area contributed by atoms with Gasteiger partial charge < -0.3 is 4.57 Å². The maximum Gasteiger partial charge on any atom is 0.214 e. The molecule has 0 atom stereocenters. The van der Waals surface area contributed by atoms with Crippen molar-refractivity contribution in [3.05, 3.63) is 24.0 Å². The number of nitrogens with one attached hydrogen (secondary N) is 1. The average molecular weight is 216 g/mol. The lowest BCUT2D eigenvalue weighted by Crippen LogP contribution is -2.30. The SMILES string of the molecule is CC(C)S(=O)(=O)NCc1cccn1C. The predicted molar refractivity (Wildman–Crippen MR) is 56.3 cm³/mol. The first-order valence-electron chi connectivity index (χ1n) is 4.52. The van der Waals surface area contributed by atoms with Crippen molar-refractivity contribution >= 4 is 10.0 Å². The topological polar surface area (TPSA) is 51.1 Å². The molecule has 1 aromatic rings. The van der Waals surface area contributed by atoms with Gasteiger partial charge in [-0.3, -0.25) is 0 Å². The molecule has 14 heavy (non-hydrogen) atoms. The Labute approximate surface area is 85.0 Å². The van der Waals surface area contributed by atoms with Gasteiger partial charge in [-0.15, -0.1) is 0 Å². The minimum atomic E-state index is -3.15. The number of nitrogens with zero attached hydrogens (tertiary/aromatic N) is 1. The van der Waals surface area contributed by atoms with Gasteiger partial charge in [-0.05, 0) is 26.0 Å². The second-order valence-electron chi connectivity index (χ2n) is 3.53. The van der Waals surface area contributed by atoms with Crippen LogP contribution in [-0.4, -0.2) is 18.2 Å². The Kier molecular flexibility index (Phi) is 3.34. The molecule has 0 aliphatic carbocycles. The summed E-state index contributed by atoms with van der Waals surface area (Å²) in [5.74, 6) is 0. The van der Waals surface area contributed by atoms with Crippen LogP contribution >= 0.6 is 0 Å². The van der Waals surface area contributed by atoms with E-state index in [1.165, 1.54) is 0 Å². The third kappa shape index (κ3) is 2.59. The summed E-state index contributed by atoms with van der Waals surface area (Å²) >= 11 is 0. The van der Waals surface area contributed by atoms with Gasteiger partial charge in [-0.2, -0.15) is 0 Å². The van der Waals surface area contributed by atoms with Crippen LogP contribution in [0, 0.1) is 0 Å². The van der Waals surface area contributed by atoms with Gasteiger partial charge in [-0.25, -0.2) is 13.1 Å². The van der Waals surface area contributed by atoms with Crippen molar-refractivity contribution in [2.45, 2.75) is 25.6 Å². The number of hydrogen-bond donors (Lipinski definition) is 1. The molecule has 1 aromatic heterocycles. The molecule has 0 fully saturated rings. The van der Waals surface area contributed by atoms with Crippen molar-refractivity contribution in [3.8, 4) is 0 Å². The summed E-state index contributed by atoms with van der Waals surface area (Å²) in [5, 5.41) is -0.386. The fourth-order valence-corrected chi connectivity index (χ4v) is 1.70. The molecule has 0 bridgehead atoms. The Morgan fingerprint density at radius 2 is 2.14 bits per heavy atom.